The molecular weight excluding hydrogens is 218 g/mol. The second-order valence-electron chi connectivity index (χ2n) is 4.10. The molecule has 1 atom stereocenters. The molecule has 0 bridgehead atoms. The molecule has 2 heterocycles. The Bertz CT molecular complexity index is 586. The van der Waals surface area contributed by atoms with Crippen molar-refractivity contribution in [3.05, 3.63) is 46.0 Å². The number of methoxy groups -OCH3 is 1. The zero-order valence-corrected chi connectivity index (χ0v) is 9.51. The lowest BCUT2D eigenvalue weighted by molar-refractivity contribution is 0.101. The number of rotatable bonds is 2. The van der Waals surface area contributed by atoms with Gasteiger partial charge in [0.25, 0.3) is 5.56 Å². The summed E-state index contributed by atoms with van der Waals surface area (Å²) >= 11 is 0. The van der Waals surface area contributed by atoms with Gasteiger partial charge in [-0.15, -0.1) is 0 Å². The van der Waals surface area contributed by atoms with Crippen LogP contribution < -0.4 is 5.56 Å². The Morgan fingerprint density at radius 3 is 3.12 bits per heavy atom. The Hall–Kier alpha value is -1.88. The molecule has 1 N–H and O–H groups in total. The summed E-state index contributed by atoms with van der Waals surface area (Å²) in [7, 11) is 1.66. The van der Waals surface area contributed by atoms with Gasteiger partial charge in [-0.1, -0.05) is 6.07 Å². The number of hydrogen-bond donors (Lipinski definition) is 1. The van der Waals surface area contributed by atoms with Crippen molar-refractivity contribution in [1.29, 1.82) is 0 Å². The number of pyridine rings is 1. The van der Waals surface area contributed by atoms with Crippen LogP contribution in [0.2, 0.25) is 0 Å². The van der Waals surface area contributed by atoms with Crippen LogP contribution in [0.1, 0.15) is 23.8 Å². The monoisotopic (exact) mass is 231 g/mol. The van der Waals surface area contributed by atoms with E-state index in [0.717, 1.165) is 24.1 Å². The molecule has 0 spiro atoms. The van der Waals surface area contributed by atoms with E-state index in [4.69, 9.17) is 4.74 Å². The zero-order chi connectivity index (χ0) is 11.8. The number of hydrogen-bond acceptors (Lipinski definition) is 3. The zero-order valence-electron chi connectivity index (χ0n) is 9.51. The molecule has 2 aromatic rings. The Labute approximate surface area is 98.0 Å². The van der Waals surface area contributed by atoms with Crippen LogP contribution >= 0.6 is 0 Å². The summed E-state index contributed by atoms with van der Waals surface area (Å²) in [5.41, 5.74) is 1.70. The van der Waals surface area contributed by atoms with Crippen molar-refractivity contribution in [1.82, 2.24) is 14.8 Å². The SMILES string of the molecule is COC1CCc2c1[nH]n(-c1ccccn1)c2=O. The first-order valence-electron chi connectivity index (χ1n) is 5.59. The highest BCUT2D eigenvalue weighted by Gasteiger charge is 2.28. The van der Waals surface area contributed by atoms with Crippen molar-refractivity contribution >= 4 is 0 Å². The summed E-state index contributed by atoms with van der Waals surface area (Å²) in [6.07, 6.45) is 3.31. The van der Waals surface area contributed by atoms with Crippen molar-refractivity contribution in [2.75, 3.05) is 7.11 Å². The number of nitrogens with zero attached hydrogens (tertiary/aromatic N) is 2. The second-order valence-corrected chi connectivity index (χ2v) is 4.10. The van der Waals surface area contributed by atoms with Crippen LogP contribution in [0.25, 0.3) is 5.82 Å². The predicted molar refractivity (Wildman–Crippen MR) is 62.3 cm³/mol. The molecule has 1 unspecified atom stereocenters. The summed E-state index contributed by atoms with van der Waals surface area (Å²) in [6.45, 7) is 0. The Morgan fingerprint density at radius 1 is 1.53 bits per heavy atom. The third-order valence-corrected chi connectivity index (χ3v) is 3.16. The molecule has 0 aliphatic heterocycles. The molecule has 3 rings (SSSR count). The largest absolute Gasteiger partial charge is 0.375 e. The summed E-state index contributed by atoms with van der Waals surface area (Å²) in [4.78, 5) is 16.3. The van der Waals surface area contributed by atoms with Crippen LogP contribution in [0.4, 0.5) is 0 Å². The summed E-state index contributed by atoms with van der Waals surface area (Å²) in [5.74, 6) is 0.613. The van der Waals surface area contributed by atoms with Crippen molar-refractivity contribution < 1.29 is 4.74 Å². The highest BCUT2D eigenvalue weighted by Crippen LogP contribution is 2.30. The molecule has 0 amide bonds. The molecule has 0 fully saturated rings. The van der Waals surface area contributed by atoms with Crippen LogP contribution in [0.3, 0.4) is 0 Å². The van der Waals surface area contributed by atoms with E-state index in [-0.39, 0.29) is 11.7 Å². The molecule has 0 saturated carbocycles. The Kier molecular flexibility index (Phi) is 2.33. The van der Waals surface area contributed by atoms with Crippen LogP contribution in [-0.4, -0.2) is 21.9 Å². The maximum Gasteiger partial charge on any atom is 0.276 e. The van der Waals surface area contributed by atoms with Crippen molar-refractivity contribution in [2.45, 2.75) is 18.9 Å². The second kappa shape index (κ2) is 3.85. The number of nitrogens with one attached hydrogen (secondary N) is 1. The lowest BCUT2D eigenvalue weighted by atomic mass is 10.3. The van der Waals surface area contributed by atoms with Gasteiger partial charge in [0.1, 0.15) is 0 Å². The number of aromatic nitrogens is 3. The molecule has 5 heteroatoms. The molecule has 88 valence electrons. The van der Waals surface area contributed by atoms with Gasteiger partial charge in [0.2, 0.25) is 0 Å². The van der Waals surface area contributed by atoms with E-state index >= 15 is 0 Å². The highest BCUT2D eigenvalue weighted by molar-refractivity contribution is 5.30. The average molecular weight is 231 g/mol. The van der Waals surface area contributed by atoms with E-state index in [2.05, 4.69) is 10.1 Å². The van der Waals surface area contributed by atoms with Gasteiger partial charge in [-0.05, 0) is 25.0 Å². The fourth-order valence-electron chi connectivity index (χ4n) is 2.30. The molecule has 1 aliphatic rings. The van der Waals surface area contributed by atoms with Gasteiger partial charge in [-0.25, -0.2) is 9.67 Å². The molecule has 0 radical (unpaired) electrons. The smallest absolute Gasteiger partial charge is 0.276 e. The minimum Gasteiger partial charge on any atom is -0.375 e. The van der Waals surface area contributed by atoms with E-state index in [1.54, 1.807) is 19.4 Å². The van der Waals surface area contributed by atoms with E-state index in [1.807, 2.05) is 12.1 Å². The quantitative estimate of drug-likeness (QED) is 0.844. The summed E-state index contributed by atoms with van der Waals surface area (Å²) in [5, 5.41) is 3.10. The first-order valence-corrected chi connectivity index (χ1v) is 5.59. The average Bonchev–Trinajstić information content (AvgIpc) is 2.91. The van der Waals surface area contributed by atoms with Gasteiger partial charge in [-0.3, -0.25) is 9.89 Å². The standard InChI is InChI=1S/C12H13N3O2/c1-17-9-6-5-8-11(9)14-15(12(8)16)10-4-2-3-7-13-10/h2-4,7,9,14H,5-6H2,1H3. The molecule has 0 aromatic carbocycles. The molecule has 2 aromatic heterocycles. The van der Waals surface area contributed by atoms with Gasteiger partial charge >= 0.3 is 0 Å². The fourth-order valence-corrected chi connectivity index (χ4v) is 2.30. The van der Waals surface area contributed by atoms with Gasteiger partial charge in [0.15, 0.2) is 5.82 Å². The van der Waals surface area contributed by atoms with E-state index in [1.165, 1.54) is 4.68 Å². The first-order chi connectivity index (χ1) is 8.31. The maximum atomic E-state index is 12.2. The fraction of sp³-hybridized carbons (Fsp3) is 0.333. The number of fused-ring (bicyclic) bond motifs is 1. The molecule has 5 nitrogen and oxygen atoms in total. The molecule has 1 aliphatic carbocycles. The van der Waals surface area contributed by atoms with E-state index in [0.29, 0.717) is 5.82 Å². The van der Waals surface area contributed by atoms with Crippen LogP contribution in [0, 0.1) is 0 Å². The van der Waals surface area contributed by atoms with Gasteiger partial charge in [0, 0.05) is 18.9 Å². The lowest BCUT2D eigenvalue weighted by Gasteiger charge is -2.07. The highest BCUT2D eigenvalue weighted by atomic mass is 16.5. The molecular formula is C12H13N3O2. The molecule has 17 heavy (non-hydrogen) atoms. The predicted octanol–water partition coefficient (Wildman–Crippen LogP) is 1.19. The number of H-pyrrole nitrogens is 1. The van der Waals surface area contributed by atoms with Gasteiger partial charge in [0.05, 0.1) is 11.8 Å². The minimum atomic E-state index is -0.0155. The van der Waals surface area contributed by atoms with Crippen molar-refractivity contribution in [3.63, 3.8) is 0 Å². The van der Waals surface area contributed by atoms with Crippen LogP contribution in [0.15, 0.2) is 29.2 Å². The van der Waals surface area contributed by atoms with Crippen molar-refractivity contribution in [2.24, 2.45) is 0 Å². The number of ether oxygens (including phenoxy) is 1. The Balaban J connectivity index is 2.13. The lowest BCUT2D eigenvalue weighted by Crippen LogP contribution is -2.18. The minimum absolute atomic E-state index is 0.00247. The maximum absolute atomic E-state index is 12.2. The topological polar surface area (TPSA) is 59.9 Å². The van der Waals surface area contributed by atoms with E-state index in [9.17, 15) is 4.79 Å². The first kappa shape index (κ1) is 10.3. The van der Waals surface area contributed by atoms with Gasteiger partial charge in [-0.2, -0.15) is 0 Å². The van der Waals surface area contributed by atoms with Crippen LogP contribution in [0.5, 0.6) is 0 Å². The van der Waals surface area contributed by atoms with Crippen LogP contribution in [-0.2, 0) is 11.2 Å². The van der Waals surface area contributed by atoms with Gasteiger partial charge < -0.3 is 4.74 Å². The molecule has 0 saturated heterocycles. The third-order valence-electron chi connectivity index (χ3n) is 3.16. The van der Waals surface area contributed by atoms with Crippen molar-refractivity contribution in [3.8, 4) is 5.82 Å². The Morgan fingerprint density at radius 2 is 2.41 bits per heavy atom. The normalized spacial score (nSPS) is 18.3. The van der Waals surface area contributed by atoms with E-state index < -0.39 is 0 Å². The third kappa shape index (κ3) is 1.51. The summed E-state index contributed by atoms with van der Waals surface area (Å²) in [6, 6.07) is 5.48. The number of aromatic amines is 1. The summed E-state index contributed by atoms with van der Waals surface area (Å²) < 4.78 is 6.82.